The quantitative estimate of drug-likeness (QED) is 0.578. The van der Waals surface area contributed by atoms with Crippen LogP contribution in [0.15, 0.2) is 24.3 Å². The van der Waals surface area contributed by atoms with E-state index in [9.17, 15) is 8.96 Å². The molecule has 78 valence electrons. The highest BCUT2D eigenvalue weighted by molar-refractivity contribution is 5.52. The van der Waals surface area contributed by atoms with Crippen LogP contribution in [0, 0.1) is 0 Å². The van der Waals surface area contributed by atoms with Crippen LogP contribution in [-0.2, 0) is 0 Å². The molecule has 14 heavy (non-hydrogen) atoms. The molecule has 1 aromatic rings. The van der Waals surface area contributed by atoms with Crippen molar-refractivity contribution in [1.82, 2.24) is 0 Å². The molecular weight excluding hydrogens is 186 g/mol. The second-order valence-electron chi connectivity index (χ2n) is 3.06. The van der Waals surface area contributed by atoms with E-state index >= 15 is 0 Å². The van der Waals surface area contributed by atoms with Gasteiger partial charge in [0.1, 0.15) is 5.69 Å². The molecule has 1 N–H and O–H groups in total. The highest BCUT2D eigenvalue weighted by Crippen LogP contribution is 2.18. The zero-order chi connectivity index (χ0) is 10.4. The van der Waals surface area contributed by atoms with Gasteiger partial charge in [-0.25, -0.2) is 0 Å². The molecule has 0 bridgehead atoms. The number of nitrogens with one attached hydrogen (secondary N) is 1. The highest BCUT2D eigenvalue weighted by atomic mass is 19.4. The SMILES string of the molecule is CCCCNc1ccc(N(F)F)cc1. The van der Waals surface area contributed by atoms with Gasteiger partial charge in [-0.05, 0) is 36.0 Å². The van der Waals surface area contributed by atoms with Crippen LogP contribution in [0.2, 0.25) is 0 Å². The number of hydrogen-bond acceptors (Lipinski definition) is 2. The van der Waals surface area contributed by atoms with Gasteiger partial charge in [-0.3, -0.25) is 0 Å². The molecular formula is C10H14F2N2. The largest absolute Gasteiger partial charge is 0.385 e. The van der Waals surface area contributed by atoms with Crippen LogP contribution < -0.4 is 10.7 Å². The number of benzene rings is 1. The van der Waals surface area contributed by atoms with Crippen molar-refractivity contribution in [3.8, 4) is 0 Å². The van der Waals surface area contributed by atoms with Gasteiger partial charge < -0.3 is 5.32 Å². The Bertz CT molecular complexity index is 259. The van der Waals surface area contributed by atoms with E-state index in [0.717, 1.165) is 25.1 Å². The topological polar surface area (TPSA) is 15.3 Å². The number of anilines is 2. The minimum absolute atomic E-state index is 0.0916. The van der Waals surface area contributed by atoms with Gasteiger partial charge in [-0.1, -0.05) is 22.3 Å². The van der Waals surface area contributed by atoms with Crippen molar-refractivity contribution in [2.75, 3.05) is 17.2 Å². The van der Waals surface area contributed by atoms with Gasteiger partial charge in [0.2, 0.25) is 0 Å². The lowest BCUT2D eigenvalue weighted by Gasteiger charge is -2.06. The van der Waals surface area contributed by atoms with Crippen LogP contribution >= 0.6 is 0 Å². The summed E-state index contributed by atoms with van der Waals surface area (Å²) in [6.07, 6.45) is 2.20. The van der Waals surface area contributed by atoms with Gasteiger partial charge in [-0.15, -0.1) is 0 Å². The summed E-state index contributed by atoms with van der Waals surface area (Å²) in [6.45, 7) is 2.99. The average Bonchev–Trinajstić information content (AvgIpc) is 2.19. The maximum atomic E-state index is 12.0. The summed E-state index contributed by atoms with van der Waals surface area (Å²) in [5, 5.41) is 2.26. The van der Waals surface area contributed by atoms with E-state index in [2.05, 4.69) is 12.2 Å². The predicted molar refractivity (Wildman–Crippen MR) is 54.5 cm³/mol. The molecule has 0 saturated heterocycles. The molecule has 0 heterocycles. The molecule has 0 saturated carbocycles. The third kappa shape index (κ3) is 3.20. The summed E-state index contributed by atoms with van der Waals surface area (Å²) < 4.78 is 24.0. The van der Waals surface area contributed by atoms with Crippen molar-refractivity contribution in [2.24, 2.45) is 0 Å². The molecule has 2 nitrogen and oxygen atoms in total. The maximum absolute atomic E-state index is 12.0. The van der Waals surface area contributed by atoms with Crippen molar-refractivity contribution >= 4 is 11.4 Å². The molecule has 1 rings (SSSR count). The van der Waals surface area contributed by atoms with Gasteiger partial charge in [0.15, 0.2) is 0 Å². The van der Waals surface area contributed by atoms with E-state index in [0.29, 0.717) is 0 Å². The second-order valence-corrected chi connectivity index (χ2v) is 3.06. The molecule has 0 aliphatic carbocycles. The Labute approximate surface area is 82.4 Å². The van der Waals surface area contributed by atoms with E-state index in [1.165, 1.54) is 12.1 Å². The van der Waals surface area contributed by atoms with Crippen molar-refractivity contribution in [3.63, 3.8) is 0 Å². The molecule has 0 aliphatic rings. The number of hydrogen-bond donors (Lipinski definition) is 1. The van der Waals surface area contributed by atoms with E-state index in [-0.39, 0.29) is 5.69 Å². The standard InChI is InChI=1S/C10H14F2N2/c1-2-3-8-13-9-4-6-10(7-5-9)14(11)12/h4-7,13H,2-3,8H2,1H3. The minimum Gasteiger partial charge on any atom is -0.385 e. The van der Waals surface area contributed by atoms with Gasteiger partial charge in [0.05, 0.1) is 0 Å². The summed E-state index contributed by atoms with van der Waals surface area (Å²) >= 11 is 0. The first kappa shape index (κ1) is 10.8. The third-order valence-corrected chi connectivity index (χ3v) is 1.92. The number of nitrogens with zero attached hydrogens (tertiary/aromatic N) is 1. The van der Waals surface area contributed by atoms with E-state index in [1.54, 1.807) is 12.1 Å². The van der Waals surface area contributed by atoms with Crippen LogP contribution in [0.3, 0.4) is 0 Å². The Balaban J connectivity index is 2.47. The smallest absolute Gasteiger partial charge is 0.105 e. The number of rotatable bonds is 5. The highest BCUT2D eigenvalue weighted by Gasteiger charge is 2.01. The first-order valence-electron chi connectivity index (χ1n) is 4.69. The Morgan fingerprint density at radius 3 is 2.36 bits per heavy atom. The zero-order valence-corrected chi connectivity index (χ0v) is 8.13. The average molecular weight is 200 g/mol. The molecule has 1 aromatic carbocycles. The van der Waals surface area contributed by atoms with Crippen molar-refractivity contribution in [2.45, 2.75) is 19.8 Å². The molecule has 0 aliphatic heterocycles. The first-order valence-corrected chi connectivity index (χ1v) is 4.69. The van der Waals surface area contributed by atoms with Gasteiger partial charge in [-0.2, -0.15) is 0 Å². The van der Waals surface area contributed by atoms with Gasteiger partial charge in [0.25, 0.3) is 0 Å². The summed E-state index contributed by atoms with van der Waals surface area (Å²) in [5.41, 5.74) is 0.787. The molecule has 0 unspecified atom stereocenters. The van der Waals surface area contributed by atoms with Gasteiger partial charge >= 0.3 is 0 Å². The van der Waals surface area contributed by atoms with Crippen LogP contribution in [0.25, 0.3) is 0 Å². The van der Waals surface area contributed by atoms with Crippen LogP contribution in [0.4, 0.5) is 20.3 Å². The lowest BCUT2D eigenvalue weighted by molar-refractivity contribution is 0.235. The molecule has 0 spiro atoms. The van der Waals surface area contributed by atoms with Gasteiger partial charge in [0, 0.05) is 12.2 Å². The monoisotopic (exact) mass is 200 g/mol. The van der Waals surface area contributed by atoms with Crippen molar-refractivity contribution in [1.29, 1.82) is 0 Å². The minimum atomic E-state index is -0.893. The Kier molecular flexibility index (Phi) is 4.16. The predicted octanol–water partition coefficient (Wildman–Crippen LogP) is 3.47. The number of halogens is 2. The van der Waals surface area contributed by atoms with E-state index < -0.39 is 5.34 Å². The lowest BCUT2D eigenvalue weighted by atomic mass is 10.2. The first-order chi connectivity index (χ1) is 6.74. The fourth-order valence-electron chi connectivity index (χ4n) is 1.10. The van der Waals surface area contributed by atoms with Crippen LogP contribution in [0.5, 0.6) is 0 Å². The zero-order valence-electron chi connectivity index (χ0n) is 8.13. The second kappa shape index (κ2) is 5.42. The van der Waals surface area contributed by atoms with Crippen molar-refractivity contribution < 1.29 is 8.96 Å². The van der Waals surface area contributed by atoms with E-state index in [1.807, 2.05) is 0 Å². The molecule has 0 aromatic heterocycles. The summed E-state index contributed by atoms with van der Waals surface area (Å²) in [6, 6.07) is 6.07. The Hall–Kier alpha value is -1.32. The normalized spacial score (nSPS) is 9.93. The number of unbranched alkanes of at least 4 members (excludes halogenated alkanes) is 1. The molecule has 0 amide bonds. The fourth-order valence-corrected chi connectivity index (χ4v) is 1.10. The fraction of sp³-hybridized carbons (Fsp3) is 0.400. The van der Waals surface area contributed by atoms with Crippen molar-refractivity contribution in [3.05, 3.63) is 24.3 Å². The van der Waals surface area contributed by atoms with Crippen LogP contribution in [0.1, 0.15) is 19.8 Å². The molecule has 4 heteroatoms. The summed E-state index contributed by atoms with van der Waals surface area (Å²) in [4.78, 5) is 0. The molecule has 0 fully saturated rings. The molecule has 0 atom stereocenters. The third-order valence-electron chi connectivity index (χ3n) is 1.92. The Morgan fingerprint density at radius 2 is 1.86 bits per heavy atom. The summed E-state index contributed by atoms with van der Waals surface area (Å²) in [5.74, 6) is 0. The molecule has 0 radical (unpaired) electrons. The summed E-state index contributed by atoms with van der Waals surface area (Å²) in [7, 11) is 0. The Morgan fingerprint density at radius 1 is 1.21 bits per heavy atom. The lowest BCUT2D eigenvalue weighted by Crippen LogP contribution is -2.01. The van der Waals surface area contributed by atoms with E-state index in [4.69, 9.17) is 0 Å². The maximum Gasteiger partial charge on any atom is 0.105 e. The van der Waals surface area contributed by atoms with Crippen LogP contribution in [-0.4, -0.2) is 6.54 Å².